The van der Waals surface area contributed by atoms with Crippen molar-refractivity contribution in [3.8, 4) is 0 Å². The fourth-order valence-corrected chi connectivity index (χ4v) is 11.7. The second-order valence-electron chi connectivity index (χ2n) is 12.4. The summed E-state index contributed by atoms with van der Waals surface area (Å²) in [6, 6.07) is 34.0. The van der Waals surface area contributed by atoms with Crippen molar-refractivity contribution in [2.75, 3.05) is 0 Å². The first kappa shape index (κ1) is 33.6. The van der Waals surface area contributed by atoms with E-state index in [1.807, 2.05) is 0 Å². The summed E-state index contributed by atoms with van der Waals surface area (Å²) in [6.07, 6.45) is 19.1. The van der Waals surface area contributed by atoms with Crippen LogP contribution in [0, 0.1) is 0 Å². The Balaban J connectivity index is 1.63. The molecule has 1 atom stereocenters. The van der Waals surface area contributed by atoms with Crippen LogP contribution in [0.2, 0.25) is 0 Å². The van der Waals surface area contributed by atoms with Gasteiger partial charge < -0.3 is 0 Å². The first-order valence-corrected chi connectivity index (χ1v) is 18.2. The Morgan fingerprint density at radius 3 is 1.19 bits per heavy atom. The van der Waals surface area contributed by atoms with Gasteiger partial charge in [-0.15, -0.1) is 0 Å². The average Bonchev–Trinajstić information content (AvgIpc) is 2.99. The van der Waals surface area contributed by atoms with Crippen LogP contribution in [-0.4, -0.2) is 5.66 Å². The van der Waals surface area contributed by atoms with E-state index < -0.39 is 7.26 Å². The normalized spacial score (nSPS) is 14.0. The van der Waals surface area contributed by atoms with Gasteiger partial charge in [0.1, 0.15) is 0 Å². The quantitative estimate of drug-likeness (QED) is 0.117. The van der Waals surface area contributed by atoms with Crippen LogP contribution in [0.1, 0.15) is 92.9 Å². The molecule has 0 saturated carbocycles. The molecule has 3 aromatic rings. The summed E-state index contributed by atoms with van der Waals surface area (Å²) in [5.74, 6) is 0. The molecule has 0 aliphatic carbocycles. The molecule has 0 N–H and O–H groups in total. The molecule has 224 valence electrons. The molecule has 42 heavy (non-hydrogen) atoms. The first-order chi connectivity index (χ1) is 20.3. The molecular weight excluding hydrogens is 523 g/mol. The van der Waals surface area contributed by atoms with Gasteiger partial charge in [0.05, 0.1) is 0 Å². The zero-order chi connectivity index (χ0) is 30.2. The van der Waals surface area contributed by atoms with E-state index in [-0.39, 0.29) is 0 Å². The number of hydrogen-bond donors (Lipinski definition) is 0. The summed E-state index contributed by atoms with van der Waals surface area (Å²) >= 11 is 0. The van der Waals surface area contributed by atoms with E-state index in [2.05, 4.69) is 157 Å². The molecule has 0 aromatic heterocycles. The van der Waals surface area contributed by atoms with E-state index in [1.54, 1.807) is 0 Å². The molecule has 1 unspecified atom stereocenters. The van der Waals surface area contributed by atoms with Crippen molar-refractivity contribution in [1.29, 1.82) is 0 Å². The predicted molar refractivity (Wildman–Crippen MR) is 194 cm³/mol. The summed E-state index contributed by atoms with van der Waals surface area (Å²) in [6.45, 7) is 13.8. The van der Waals surface area contributed by atoms with Gasteiger partial charge in [-0.05, 0) is 33.6 Å². The third-order valence-corrected chi connectivity index (χ3v) is 14.2. The van der Waals surface area contributed by atoms with E-state index in [0.29, 0.717) is 5.66 Å². The number of benzene rings is 3. The second kappa shape index (κ2) is 17.9. The Morgan fingerprint density at radius 2 is 0.833 bits per heavy atom. The fraction of sp³-hybridized carbons (Fsp3) is 0.366. The minimum atomic E-state index is -2.22. The Morgan fingerprint density at radius 1 is 0.500 bits per heavy atom. The molecule has 3 aromatic carbocycles. The maximum atomic E-state index is 2.51. The molecule has 0 radical (unpaired) electrons. The topological polar surface area (TPSA) is 0 Å². The molecule has 0 amide bonds. The van der Waals surface area contributed by atoms with Gasteiger partial charge in [-0.25, -0.2) is 0 Å². The molecule has 0 fully saturated rings. The van der Waals surface area contributed by atoms with E-state index in [9.17, 15) is 0 Å². The molecule has 0 aliphatic heterocycles. The summed E-state index contributed by atoms with van der Waals surface area (Å²) in [5.41, 5.74) is 6.55. The van der Waals surface area contributed by atoms with Crippen LogP contribution in [0.4, 0.5) is 0 Å². The van der Waals surface area contributed by atoms with E-state index in [1.165, 1.54) is 57.5 Å². The van der Waals surface area contributed by atoms with Crippen LogP contribution in [0.3, 0.4) is 0 Å². The van der Waals surface area contributed by atoms with Crippen molar-refractivity contribution in [3.63, 3.8) is 0 Å². The molecule has 0 spiro atoms. The SMILES string of the molecule is CC(C)=CCC/C(C)=C/CC/C(C)=C/CC/C(C)=C/CCC(C)[PH](c1ccccc1)(c1ccccc1)c1ccccc1. The van der Waals surface area contributed by atoms with Gasteiger partial charge in [-0.2, -0.15) is 0 Å². The second-order valence-corrected chi connectivity index (χ2v) is 16.8. The Bertz CT molecular complexity index is 1210. The van der Waals surface area contributed by atoms with Crippen LogP contribution >= 0.6 is 7.26 Å². The third kappa shape index (κ3) is 10.1. The summed E-state index contributed by atoms with van der Waals surface area (Å²) in [4.78, 5) is 0. The Hall–Kier alpha value is -2.95. The predicted octanol–water partition coefficient (Wildman–Crippen LogP) is 11.0. The molecule has 0 saturated heterocycles. The van der Waals surface area contributed by atoms with Crippen LogP contribution in [0.15, 0.2) is 138 Å². The van der Waals surface area contributed by atoms with E-state index in [4.69, 9.17) is 0 Å². The zero-order valence-corrected chi connectivity index (χ0v) is 28.2. The summed E-state index contributed by atoms with van der Waals surface area (Å²) in [5, 5.41) is 4.53. The molecule has 1 heteroatoms. The van der Waals surface area contributed by atoms with Gasteiger partial charge in [0.25, 0.3) is 0 Å². The Labute approximate surface area is 258 Å². The molecule has 0 heterocycles. The molecule has 0 nitrogen and oxygen atoms in total. The number of rotatable bonds is 16. The van der Waals surface area contributed by atoms with Crippen LogP contribution in [0.25, 0.3) is 0 Å². The maximum absolute atomic E-state index is 2.51. The van der Waals surface area contributed by atoms with Gasteiger partial charge in [0.15, 0.2) is 0 Å². The third-order valence-electron chi connectivity index (χ3n) is 8.67. The minimum absolute atomic E-state index is 0.564. The summed E-state index contributed by atoms with van der Waals surface area (Å²) < 4.78 is 0. The van der Waals surface area contributed by atoms with Gasteiger partial charge >= 0.3 is 209 Å². The fourth-order valence-electron chi connectivity index (χ4n) is 6.24. The van der Waals surface area contributed by atoms with E-state index in [0.717, 1.165) is 32.1 Å². The van der Waals surface area contributed by atoms with Crippen LogP contribution in [0.5, 0.6) is 0 Å². The number of allylic oxidation sites excluding steroid dienone is 8. The Kier molecular flexibility index (Phi) is 14.3. The average molecular weight is 579 g/mol. The van der Waals surface area contributed by atoms with Gasteiger partial charge in [0, 0.05) is 0 Å². The van der Waals surface area contributed by atoms with Crippen molar-refractivity contribution >= 4 is 23.2 Å². The van der Waals surface area contributed by atoms with E-state index >= 15 is 0 Å². The van der Waals surface area contributed by atoms with Gasteiger partial charge in [-0.3, -0.25) is 0 Å². The first-order valence-electron chi connectivity index (χ1n) is 16.1. The van der Waals surface area contributed by atoms with Crippen molar-refractivity contribution < 1.29 is 0 Å². The van der Waals surface area contributed by atoms with Gasteiger partial charge in [0.2, 0.25) is 0 Å². The molecule has 0 bridgehead atoms. The van der Waals surface area contributed by atoms with Gasteiger partial charge in [-0.1, -0.05) is 17.2 Å². The van der Waals surface area contributed by atoms with Crippen molar-refractivity contribution in [3.05, 3.63) is 138 Å². The number of hydrogen-bond acceptors (Lipinski definition) is 0. The molecular formula is C41H55P. The monoisotopic (exact) mass is 578 g/mol. The van der Waals surface area contributed by atoms with Crippen molar-refractivity contribution in [2.45, 2.75) is 98.6 Å². The summed E-state index contributed by atoms with van der Waals surface area (Å²) in [7, 11) is -2.22. The van der Waals surface area contributed by atoms with Crippen molar-refractivity contribution in [1.82, 2.24) is 0 Å². The van der Waals surface area contributed by atoms with Crippen molar-refractivity contribution in [2.24, 2.45) is 0 Å². The molecule has 0 aliphatic rings. The molecule has 3 rings (SSSR count). The van der Waals surface area contributed by atoms with Crippen LogP contribution < -0.4 is 15.9 Å². The van der Waals surface area contributed by atoms with Crippen LogP contribution in [-0.2, 0) is 0 Å². The standard InChI is InChI=1S/C41H55P/c1-34(2)20-16-21-35(3)22-17-23-36(4)24-18-25-37(5)26-19-27-38(6)42(39-28-10-7-11-29-39,40-30-12-8-13-31-40)41-32-14-9-15-33-41/h7-15,20,22,24,26,28-33,38,42H,16-19,21,23,25,27H2,1-6H3/b35-22+,36-24+,37-26+. The zero-order valence-electron chi connectivity index (χ0n) is 27.2.